The molecule has 0 aliphatic rings. The third kappa shape index (κ3) is 5.72. The number of carbonyl (C=O) groups excluding carboxylic acids is 3. The zero-order chi connectivity index (χ0) is 24.0. The molecule has 1 heterocycles. The Morgan fingerprint density at radius 3 is 2.41 bits per heavy atom. The average molecular weight is 462 g/mol. The van der Waals surface area contributed by atoms with E-state index in [9.17, 15) is 29.1 Å². The number of nitrogens with zero attached hydrogens (tertiary/aromatic N) is 2. The summed E-state index contributed by atoms with van der Waals surface area (Å²) in [7, 11) is 0. The van der Waals surface area contributed by atoms with Gasteiger partial charge in [-0.25, -0.2) is 19.4 Å². The molecule has 0 unspecified atom stereocenters. The first-order chi connectivity index (χ1) is 15.0. The summed E-state index contributed by atoms with van der Waals surface area (Å²) in [5.41, 5.74) is 1.16. The second kappa shape index (κ2) is 10.3. The summed E-state index contributed by atoms with van der Waals surface area (Å²) in [5.74, 6) is -5.03. The molecule has 0 aliphatic carbocycles. The van der Waals surface area contributed by atoms with Gasteiger partial charge < -0.3 is 14.9 Å². The fraction of sp³-hybridized carbons (Fsp3) is 0.211. The molecule has 13 heteroatoms. The van der Waals surface area contributed by atoms with Crippen LogP contribution in [0.5, 0.6) is 0 Å². The number of carboxylic acids is 2. The Labute approximate surface area is 184 Å². The number of rotatable bonds is 9. The van der Waals surface area contributed by atoms with E-state index in [2.05, 4.69) is 20.8 Å². The molecule has 0 fully saturated rings. The number of hydrogen-bond donors (Lipinski definition) is 4. The van der Waals surface area contributed by atoms with Gasteiger partial charge in [0.15, 0.2) is 16.6 Å². The summed E-state index contributed by atoms with van der Waals surface area (Å²) in [4.78, 5) is 63.1. The predicted molar refractivity (Wildman–Crippen MR) is 114 cm³/mol. The van der Waals surface area contributed by atoms with Crippen LogP contribution in [0.3, 0.4) is 0 Å². The Hall–Kier alpha value is -4.13. The van der Waals surface area contributed by atoms with Gasteiger partial charge in [0, 0.05) is 6.92 Å². The highest BCUT2D eigenvalue weighted by Gasteiger charge is 2.22. The quantitative estimate of drug-likeness (QED) is 0.186. The first kappa shape index (κ1) is 24.1. The molecule has 32 heavy (non-hydrogen) atoms. The first-order valence-corrected chi connectivity index (χ1v) is 9.77. The minimum Gasteiger partial charge on any atom is -0.478 e. The van der Waals surface area contributed by atoms with Gasteiger partial charge in [-0.15, -0.1) is 0 Å². The van der Waals surface area contributed by atoms with Crippen LogP contribution >= 0.6 is 11.3 Å². The lowest BCUT2D eigenvalue weighted by Crippen LogP contribution is -2.29. The van der Waals surface area contributed by atoms with Gasteiger partial charge in [-0.05, 0) is 32.0 Å². The number of hydrogen-bond acceptors (Lipinski definition) is 10. The van der Waals surface area contributed by atoms with Gasteiger partial charge in [0.2, 0.25) is 0 Å². The molecular weight excluding hydrogens is 444 g/mol. The largest absolute Gasteiger partial charge is 0.478 e. The molecule has 2 aromatic rings. The monoisotopic (exact) mass is 462 g/mol. The van der Waals surface area contributed by atoms with Gasteiger partial charge in [-0.3, -0.25) is 20.3 Å². The highest BCUT2D eigenvalue weighted by atomic mass is 32.1. The maximum Gasteiger partial charge on any atom is 0.350 e. The van der Waals surface area contributed by atoms with Crippen LogP contribution in [0.15, 0.2) is 23.3 Å². The maximum atomic E-state index is 12.5. The molecule has 0 aliphatic heterocycles. The third-order valence-corrected chi connectivity index (χ3v) is 4.86. The number of aromatic nitrogens is 1. The van der Waals surface area contributed by atoms with E-state index in [-0.39, 0.29) is 33.4 Å². The minimum atomic E-state index is -1.38. The number of aryl methyl sites for hydroxylation is 1. The zero-order valence-electron chi connectivity index (χ0n) is 17.1. The Balaban J connectivity index is 2.30. The Bertz CT molecular complexity index is 1140. The molecule has 4 N–H and O–H groups in total. The van der Waals surface area contributed by atoms with Crippen molar-refractivity contribution in [2.24, 2.45) is 5.10 Å². The smallest absolute Gasteiger partial charge is 0.350 e. The lowest BCUT2D eigenvalue weighted by atomic mass is 10.1. The standard InChI is InChI=1S/C19H18N4O8S/c1-4-31-18(30)14-8(2)20-19(32-14)21-15(25)13(9(3)24)23-22-12-7-10(16(26)27)5-6-11(12)17(28)29/h5-7,22H,4H2,1-3H3,(H,26,27)(H,28,29)(H,20,21,25)/b23-13+. The topological polar surface area (TPSA) is 184 Å². The summed E-state index contributed by atoms with van der Waals surface area (Å²) in [5, 5.41) is 24.4. The van der Waals surface area contributed by atoms with Crippen molar-refractivity contribution in [3.63, 3.8) is 0 Å². The number of nitrogens with one attached hydrogen (secondary N) is 2. The number of benzene rings is 1. The van der Waals surface area contributed by atoms with Crippen molar-refractivity contribution in [1.82, 2.24) is 4.98 Å². The van der Waals surface area contributed by atoms with Gasteiger partial charge in [-0.2, -0.15) is 5.10 Å². The highest BCUT2D eigenvalue weighted by molar-refractivity contribution is 7.17. The van der Waals surface area contributed by atoms with Crippen LogP contribution in [-0.4, -0.2) is 57.1 Å². The first-order valence-electron chi connectivity index (χ1n) is 8.96. The predicted octanol–water partition coefficient (Wildman–Crippen LogP) is 2.02. The zero-order valence-corrected chi connectivity index (χ0v) is 17.9. The lowest BCUT2D eigenvalue weighted by molar-refractivity contribution is -0.114. The van der Waals surface area contributed by atoms with Crippen LogP contribution < -0.4 is 10.7 Å². The van der Waals surface area contributed by atoms with E-state index in [1.165, 1.54) is 0 Å². The Kier molecular flexibility index (Phi) is 7.74. The molecule has 1 aromatic carbocycles. The van der Waals surface area contributed by atoms with Crippen LogP contribution in [0.4, 0.5) is 10.8 Å². The van der Waals surface area contributed by atoms with E-state index in [4.69, 9.17) is 9.84 Å². The fourth-order valence-electron chi connectivity index (χ4n) is 2.35. The van der Waals surface area contributed by atoms with E-state index in [1.807, 2.05) is 0 Å². The average Bonchev–Trinajstić information content (AvgIpc) is 3.07. The summed E-state index contributed by atoms with van der Waals surface area (Å²) in [6.07, 6.45) is 0. The van der Waals surface area contributed by atoms with Crippen LogP contribution in [0, 0.1) is 6.92 Å². The maximum absolute atomic E-state index is 12.5. The number of Topliss-reactive ketones (excluding diaryl/α,β-unsaturated/α-hetero) is 1. The molecule has 0 saturated carbocycles. The van der Waals surface area contributed by atoms with Gasteiger partial charge >= 0.3 is 17.9 Å². The number of aromatic carboxylic acids is 2. The van der Waals surface area contributed by atoms with Gasteiger partial charge in [0.05, 0.1) is 29.1 Å². The molecule has 0 spiro atoms. The van der Waals surface area contributed by atoms with E-state index in [0.29, 0.717) is 5.69 Å². The number of carboxylic acid groups (broad SMARTS) is 2. The number of thiazole rings is 1. The molecule has 1 amide bonds. The number of hydrazone groups is 1. The van der Waals surface area contributed by atoms with Crippen LogP contribution in [0.1, 0.15) is 49.9 Å². The van der Waals surface area contributed by atoms with Crippen molar-refractivity contribution in [1.29, 1.82) is 0 Å². The normalized spacial score (nSPS) is 10.9. The summed E-state index contributed by atoms with van der Waals surface area (Å²) in [6, 6.07) is 3.14. The molecule has 12 nitrogen and oxygen atoms in total. The lowest BCUT2D eigenvalue weighted by Gasteiger charge is -2.08. The van der Waals surface area contributed by atoms with Crippen molar-refractivity contribution in [2.45, 2.75) is 20.8 Å². The summed E-state index contributed by atoms with van der Waals surface area (Å²) >= 11 is 0.844. The minimum absolute atomic E-state index is 0.0172. The van der Waals surface area contributed by atoms with Crippen molar-refractivity contribution in [2.75, 3.05) is 17.3 Å². The number of ether oxygens (including phenoxy) is 1. The SMILES string of the molecule is CCOC(=O)c1sc(NC(=O)/C(=N/Nc2cc(C(=O)O)ccc2C(=O)O)C(C)=O)nc1C. The van der Waals surface area contributed by atoms with Crippen molar-refractivity contribution >= 4 is 57.5 Å². The van der Waals surface area contributed by atoms with Crippen molar-refractivity contribution in [3.05, 3.63) is 39.9 Å². The number of carbonyl (C=O) groups is 5. The number of esters is 1. The molecular formula is C19H18N4O8S. The Morgan fingerprint density at radius 1 is 1.16 bits per heavy atom. The second-order valence-corrected chi connectivity index (χ2v) is 7.11. The van der Waals surface area contributed by atoms with Crippen molar-refractivity contribution in [3.8, 4) is 0 Å². The number of ketones is 1. The van der Waals surface area contributed by atoms with Crippen LogP contribution in [-0.2, 0) is 14.3 Å². The molecule has 168 valence electrons. The molecule has 2 rings (SSSR count). The van der Waals surface area contributed by atoms with E-state index >= 15 is 0 Å². The van der Waals surface area contributed by atoms with E-state index in [1.54, 1.807) is 13.8 Å². The summed E-state index contributed by atoms with van der Waals surface area (Å²) < 4.78 is 4.90. The van der Waals surface area contributed by atoms with Gasteiger partial charge in [0.25, 0.3) is 5.91 Å². The van der Waals surface area contributed by atoms with Gasteiger partial charge in [0.1, 0.15) is 4.88 Å². The molecule has 0 atom stereocenters. The van der Waals surface area contributed by atoms with Gasteiger partial charge in [-0.1, -0.05) is 11.3 Å². The van der Waals surface area contributed by atoms with E-state index in [0.717, 1.165) is 36.5 Å². The highest BCUT2D eigenvalue weighted by Crippen LogP contribution is 2.23. The van der Waals surface area contributed by atoms with E-state index < -0.39 is 35.3 Å². The number of anilines is 2. The fourth-order valence-corrected chi connectivity index (χ4v) is 3.21. The van der Waals surface area contributed by atoms with Crippen LogP contribution in [0.2, 0.25) is 0 Å². The summed E-state index contributed by atoms with van der Waals surface area (Å²) in [6.45, 7) is 4.40. The Morgan fingerprint density at radius 2 is 1.84 bits per heavy atom. The molecule has 0 radical (unpaired) electrons. The third-order valence-electron chi connectivity index (χ3n) is 3.81. The van der Waals surface area contributed by atoms with Crippen LogP contribution in [0.25, 0.3) is 0 Å². The molecule has 1 aromatic heterocycles. The second-order valence-electron chi connectivity index (χ2n) is 6.11. The molecule has 0 saturated heterocycles. The molecule has 0 bridgehead atoms. The van der Waals surface area contributed by atoms with Crippen molar-refractivity contribution < 1.29 is 38.9 Å². The number of amides is 1.